The summed E-state index contributed by atoms with van der Waals surface area (Å²) in [6.45, 7) is 1.37. The van der Waals surface area contributed by atoms with Gasteiger partial charge in [0.15, 0.2) is 11.6 Å². The number of pyridine rings is 1. The number of urea groups is 1. The lowest BCUT2D eigenvalue weighted by atomic mass is 10.1. The number of carbonyl (C=O) groups is 1. The highest BCUT2D eigenvalue weighted by atomic mass is 35.5. The Bertz CT molecular complexity index is 1350. The highest BCUT2D eigenvalue weighted by Crippen LogP contribution is 2.37. The molecule has 0 spiro atoms. The third-order valence-electron chi connectivity index (χ3n) is 5.61. The zero-order valence-electron chi connectivity index (χ0n) is 17.9. The number of carbonyl (C=O) groups excluding carboxylic acids is 1. The van der Waals surface area contributed by atoms with Gasteiger partial charge in [0, 0.05) is 43.5 Å². The average molecular weight is 466 g/mol. The molecule has 1 fully saturated rings. The Morgan fingerprint density at radius 1 is 1.12 bits per heavy atom. The van der Waals surface area contributed by atoms with E-state index in [1.807, 2.05) is 36.0 Å². The zero-order valence-corrected chi connectivity index (χ0v) is 18.6. The number of imidazole rings is 1. The molecule has 1 aliphatic rings. The van der Waals surface area contributed by atoms with Crippen molar-refractivity contribution in [2.45, 2.75) is 12.8 Å². The summed E-state index contributed by atoms with van der Waals surface area (Å²) in [4.78, 5) is 22.8. The van der Waals surface area contributed by atoms with Gasteiger partial charge < -0.3 is 19.5 Å². The van der Waals surface area contributed by atoms with E-state index in [1.165, 1.54) is 12.1 Å². The van der Waals surface area contributed by atoms with Crippen LogP contribution in [-0.4, -0.2) is 38.6 Å². The van der Waals surface area contributed by atoms with Crippen LogP contribution in [0.5, 0.6) is 11.5 Å². The number of halogens is 2. The molecule has 0 bridgehead atoms. The fourth-order valence-electron chi connectivity index (χ4n) is 3.87. The molecule has 168 valence electrons. The first-order chi connectivity index (χ1) is 16.0. The Hall–Kier alpha value is -3.65. The lowest BCUT2D eigenvalue weighted by Crippen LogP contribution is -2.32. The Balaban J connectivity index is 1.41. The highest BCUT2D eigenvalue weighted by molar-refractivity contribution is 6.34. The van der Waals surface area contributed by atoms with E-state index in [4.69, 9.17) is 16.3 Å². The van der Waals surface area contributed by atoms with Crippen molar-refractivity contribution in [1.29, 1.82) is 0 Å². The van der Waals surface area contributed by atoms with E-state index in [0.717, 1.165) is 29.5 Å². The molecule has 2 amide bonds. The summed E-state index contributed by atoms with van der Waals surface area (Å²) in [6, 6.07) is 10.1. The summed E-state index contributed by atoms with van der Waals surface area (Å²) in [6.07, 6.45) is 7.18. The Morgan fingerprint density at radius 3 is 2.70 bits per heavy atom. The second kappa shape index (κ2) is 8.71. The van der Waals surface area contributed by atoms with E-state index in [2.05, 4.69) is 15.3 Å². The van der Waals surface area contributed by atoms with Crippen LogP contribution in [0, 0.1) is 5.82 Å². The summed E-state index contributed by atoms with van der Waals surface area (Å²) in [5.74, 6) is -0.345. The Morgan fingerprint density at radius 2 is 1.94 bits per heavy atom. The third kappa shape index (κ3) is 4.21. The first-order valence-electron chi connectivity index (χ1n) is 10.6. The van der Waals surface area contributed by atoms with Gasteiger partial charge in [-0.1, -0.05) is 17.7 Å². The van der Waals surface area contributed by atoms with Crippen LogP contribution in [-0.2, 0) is 7.05 Å². The van der Waals surface area contributed by atoms with Crippen molar-refractivity contribution in [1.82, 2.24) is 19.4 Å². The zero-order chi connectivity index (χ0) is 22.9. The van der Waals surface area contributed by atoms with E-state index in [0.29, 0.717) is 24.4 Å². The molecule has 1 saturated heterocycles. The van der Waals surface area contributed by atoms with E-state index in [9.17, 15) is 4.79 Å². The van der Waals surface area contributed by atoms with Crippen molar-refractivity contribution < 1.29 is 13.9 Å². The van der Waals surface area contributed by atoms with Crippen LogP contribution in [0.2, 0.25) is 5.02 Å². The molecule has 4 aromatic rings. The third-order valence-corrected chi connectivity index (χ3v) is 5.97. The van der Waals surface area contributed by atoms with Gasteiger partial charge in [0.1, 0.15) is 10.8 Å². The number of likely N-dealkylation sites (tertiary alicyclic amines) is 1. The molecule has 0 unspecified atom stereocenters. The molecule has 7 nitrogen and oxygen atoms in total. The van der Waals surface area contributed by atoms with Crippen molar-refractivity contribution in [2.24, 2.45) is 7.05 Å². The van der Waals surface area contributed by atoms with Crippen LogP contribution in [0.1, 0.15) is 12.8 Å². The molecule has 0 radical (unpaired) electrons. The Kier molecular flexibility index (Phi) is 5.60. The van der Waals surface area contributed by atoms with E-state index >= 15 is 4.39 Å². The van der Waals surface area contributed by atoms with Crippen LogP contribution in [0.3, 0.4) is 0 Å². The summed E-state index contributed by atoms with van der Waals surface area (Å²) >= 11 is 6.21. The highest BCUT2D eigenvalue weighted by Gasteiger charge is 2.21. The van der Waals surface area contributed by atoms with Gasteiger partial charge in [0.05, 0.1) is 23.2 Å². The van der Waals surface area contributed by atoms with Gasteiger partial charge >= 0.3 is 6.03 Å². The molecular weight excluding hydrogens is 445 g/mol. The molecular formula is C24H21ClFN5O2. The fourth-order valence-corrected chi connectivity index (χ4v) is 4.08. The van der Waals surface area contributed by atoms with E-state index in [1.54, 1.807) is 23.5 Å². The molecule has 1 aliphatic heterocycles. The molecule has 2 aromatic heterocycles. The SMILES string of the molecule is Cn1cnc(-c2ccc3c(Oc4ccc(NC(=O)N5CCCC5)c(Cl)c4F)ccnc3c2)c1. The average Bonchev–Trinajstić information content (AvgIpc) is 3.51. The predicted molar refractivity (Wildman–Crippen MR) is 125 cm³/mol. The van der Waals surface area contributed by atoms with Gasteiger partial charge in [-0.3, -0.25) is 4.98 Å². The number of anilines is 1. The quantitative estimate of drug-likeness (QED) is 0.410. The summed E-state index contributed by atoms with van der Waals surface area (Å²) in [5, 5.41) is 3.20. The summed E-state index contributed by atoms with van der Waals surface area (Å²) < 4.78 is 22.8. The number of nitrogens with zero attached hydrogens (tertiary/aromatic N) is 4. The molecule has 3 heterocycles. The standard InChI is InChI=1S/C24H21ClFN5O2/c1-30-13-19(28-14-30)15-4-5-16-18(12-15)27-9-8-20(16)33-21-7-6-17(22(25)23(21)26)29-24(32)31-10-2-3-11-31/h4-9,12-14H,2-3,10-11H2,1H3,(H,29,32). The minimum absolute atomic E-state index is 0.0412. The van der Waals surface area contributed by atoms with Crippen molar-refractivity contribution >= 4 is 34.2 Å². The van der Waals surface area contributed by atoms with Gasteiger partial charge in [-0.05, 0) is 43.2 Å². The second-order valence-corrected chi connectivity index (χ2v) is 8.31. The van der Waals surface area contributed by atoms with Crippen molar-refractivity contribution in [2.75, 3.05) is 18.4 Å². The topological polar surface area (TPSA) is 72.3 Å². The number of aromatic nitrogens is 3. The number of hydrogen-bond donors (Lipinski definition) is 1. The van der Waals surface area contributed by atoms with Gasteiger partial charge in [-0.15, -0.1) is 0 Å². The molecule has 0 atom stereocenters. The van der Waals surface area contributed by atoms with Crippen LogP contribution >= 0.6 is 11.6 Å². The number of rotatable bonds is 4. The van der Waals surface area contributed by atoms with Crippen molar-refractivity contribution in [3.8, 4) is 22.8 Å². The van der Waals surface area contributed by atoms with Gasteiger partial charge in [0.2, 0.25) is 0 Å². The molecule has 0 aliphatic carbocycles. The predicted octanol–water partition coefficient (Wildman–Crippen LogP) is 5.85. The molecule has 2 aromatic carbocycles. The Labute approximate surface area is 194 Å². The summed E-state index contributed by atoms with van der Waals surface area (Å²) in [7, 11) is 1.91. The number of aryl methyl sites for hydroxylation is 1. The second-order valence-electron chi connectivity index (χ2n) is 7.93. The minimum atomic E-state index is -0.744. The normalized spacial score (nSPS) is 13.5. The number of ether oxygens (including phenoxy) is 1. The van der Waals surface area contributed by atoms with Gasteiger partial charge in [-0.2, -0.15) is 0 Å². The summed E-state index contributed by atoms with van der Waals surface area (Å²) in [5.41, 5.74) is 2.65. The lowest BCUT2D eigenvalue weighted by Gasteiger charge is -2.17. The fraction of sp³-hybridized carbons (Fsp3) is 0.208. The maximum atomic E-state index is 15.0. The van der Waals surface area contributed by atoms with Crippen LogP contribution in [0.15, 0.2) is 55.1 Å². The van der Waals surface area contributed by atoms with E-state index in [-0.39, 0.29) is 22.5 Å². The van der Waals surface area contributed by atoms with Crippen LogP contribution < -0.4 is 10.1 Å². The smallest absolute Gasteiger partial charge is 0.321 e. The van der Waals surface area contributed by atoms with Crippen LogP contribution in [0.25, 0.3) is 22.2 Å². The lowest BCUT2D eigenvalue weighted by molar-refractivity contribution is 0.222. The van der Waals surface area contributed by atoms with Crippen LogP contribution in [0.4, 0.5) is 14.9 Å². The molecule has 5 rings (SSSR count). The first kappa shape index (κ1) is 21.2. The van der Waals surface area contributed by atoms with Gasteiger partial charge in [-0.25, -0.2) is 14.2 Å². The number of benzene rings is 2. The van der Waals surface area contributed by atoms with Crippen molar-refractivity contribution in [3.05, 3.63) is 66.0 Å². The van der Waals surface area contributed by atoms with Crippen molar-refractivity contribution in [3.63, 3.8) is 0 Å². The largest absolute Gasteiger partial charge is 0.453 e. The number of nitrogens with one attached hydrogen (secondary N) is 1. The number of fused-ring (bicyclic) bond motifs is 1. The molecule has 0 saturated carbocycles. The first-order valence-corrected chi connectivity index (χ1v) is 11.0. The maximum Gasteiger partial charge on any atom is 0.321 e. The minimum Gasteiger partial charge on any atom is -0.453 e. The van der Waals surface area contributed by atoms with E-state index < -0.39 is 5.82 Å². The molecule has 9 heteroatoms. The molecule has 1 N–H and O–H groups in total. The molecule has 33 heavy (non-hydrogen) atoms. The number of hydrogen-bond acceptors (Lipinski definition) is 4. The number of amides is 2. The monoisotopic (exact) mass is 465 g/mol. The van der Waals surface area contributed by atoms with Gasteiger partial charge in [0.25, 0.3) is 0 Å². The maximum absolute atomic E-state index is 15.0.